The van der Waals surface area contributed by atoms with Gasteiger partial charge in [-0.05, 0) is 43.7 Å². The second-order valence-electron chi connectivity index (χ2n) is 5.78. The highest BCUT2D eigenvalue weighted by molar-refractivity contribution is 6.02. The van der Waals surface area contributed by atoms with Crippen molar-refractivity contribution < 1.29 is 9.59 Å². The van der Waals surface area contributed by atoms with Gasteiger partial charge in [-0.2, -0.15) is 0 Å². The molecule has 1 unspecified atom stereocenters. The van der Waals surface area contributed by atoms with Crippen molar-refractivity contribution in [1.82, 2.24) is 4.90 Å². The number of rotatable bonds is 2. The van der Waals surface area contributed by atoms with Gasteiger partial charge in [0.2, 0.25) is 5.91 Å². The second-order valence-corrected chi connectivity index (χ2v) is 5.78. The number of anilines is 1. The largest absolute Gasteiger partial charge is 0.384 e. The predicted molar refractivity (Wildman–Crippen MR) is 81.1 cm³/mol. The van der Waals surface area contributed by atoms with Crippen LogP contribution in [-0.4, -0.2) is 35.8 Å². The van der Waals surface area contributed by atoms with Crippen molar-refractivity contribution >= 4 is 17.5 Å². The number of likely N-dealkylation sites (tertiary alicyclic amines) is 1. The molecule has 21 heavy (non-hydrogen) atoms. The molecular weight excluding hydrogens is 266 g/mol. The number of primary amides is 1. The number of carbonyl (C=O) groups excluding carboxylic acids is 2. The zero-order valence-corrected chi connectivity index (χ0v) is 12.1. The molecular formula is C16H21N3O2. The van der Waals surface area contributed by atoms with Crippen LogP contribution < -0.4 is 11.1 Å². The first-order chi connectivity index (χ1) is 10.2. The Morgan fingerprint density at radius 3 is 2.90 bits per heavy atom. The third kappa shape index (κ3) is 2.60. The minimum atomic E-state index is -0.467. The summed E-state index contributed by atoms with van der Waals surface area (Å²) in [4.78, 5) is 26.1. The quantitative estimate of drug-likeness (QED) is 0.866. The number of amides is 2. The molecule has 0 aromatic heterocycles. The summed E-state index contributed by atoms with van der Waals surface area (Å²) in [5.41, 5.74) is 8.24. The number of para-hydroxylation sites is 1. The van der Waals surface area contributed by atoms with Gasteiger partial charge in [0.1, 0.15) is 6.04 Å². The lowest BCUT2D eigenvalue weighted by Gasteiger charge is -2.34. The standard InChI is InChI=1S/C16H21N3O2/c17-15(20)13-8-1-2-10-19(13)16(21)12-7-3-5-11-6-4-9-18-14(11)12/h3,5,7,13,18H,1-2,4,6,8-10H2,(H2,17,20). The van der Waals surface area contributed by atoms with E-state index in [4.69, 9.17) is 5.73 Å². The molecule has 0 aliphatic carbocycles. The van der Waals surface area contributed by atoms with Crippen molar-refractivity contribution in [1.29, 1.82) is 0 Å². The number of fused-ring (bicyclic) bond motifs is 1. The van der Waals surface area contributed by atoms with E-state index in [1.165, 1.54) is 5.56 Å². The Labute approximate surface area is 124 Å². The van der Waals surface area contributed by atoms with E-state index in [1.807, 2.05) is 12.1 Å². The molecule has 1 atom stereocenters. The van der Waals surface area contributed by atoms with E-state index in [0.717, 1.165) is 37.9 Å². The molecule has 1 fully saturated rings. The van der Waals surface area contributed by atoms with E-state index in [1.54, 1.807) is 4.90 Å². The first-order valence-corrected chi connectivity index (χ1v) is 7.64. The van der Waals surface area contributed by atoms with Gasteiger partial charge in [0, 0.05) is 13.1 Å². The Kier molecular flexibility index (Phi) is 3.82. The van der Waals surface area contributed by atoms with Crippen LogP contribution in [0.15, 0.2) is 18.2 Å². The van der Waals surface area contributed by atoms with Crippen LogP contribution in [0, 0.1) is 0 Å². The molecule has 1 aromatic carbocycles. The third-order valence-corrected chi connectivity index (χ3v) is 4.40. The fraction of sp³-hybridized carbons (Fsp3) is 0.500. The number of piperidine rings is 1. The van der Waals surface area contributed by atoms with Gasteiger partial charge in [-0.1, -0.05) is 12.1 Å². The number of benzene rings is 1. The number of nitrogens with zero attached hydrogens (tertiary/aromatic N) is 1. The average molecular weight is 287 g/mol. The van der Waals surface area contributed by atoms with Crippen molar-refractivity contribution in [2.75, 3.05) is 18.4 Å². The van der Waals surface area contributed by atoms with Crippen LogP contribution in [0.1, 0.15) is 41.6 Å². The first kappa shape index (κ1) is 13.9. The molecule has 1 saturated heterocycles. The maximum absolute atomic E-state index is 12.9. The van der Waals surface area contributed by atoms with Crippen molar-refractivity contribution in [2.24, 2.45) is 5.73 Å². The summed E-state index contributed by atoms with van der Waals surface area (Å²) in [5, 5.41) is 3.33. The topological polar surface area (TPSA) is 75.4 Å². The lowest BCUT2D eigenvalue weighted by molar-refractivity contribution is -0.123. The molecule has 0 radical (unpaired) electrons. The highest BCUT2D eigenvalue weighted by Crippen LogP contribution is 2.29. The predicted octanol–water partition coefficient (Wildman–Crippen LogP) is 1.52. The third-order valence-electron chi connectivity index (χ3n) is 4.40. The molecule has 1 aromatic rings. The van der Waals surface area contributed by atoms with E-state index in [0.29, 0.717) is 18.5 Å². The molecule has 3 rings (SSSR count). The Morgan fingerprint density at radius 2 is 2.10 bits per heavy atom. The molecule has 112 valence electrons. The van der Waals surface area contributed by atoms with Crippen molar-refractivity contribution in [2.45, 2.75) is 38.1 Å². The van der Waals surface area contributed by atoms with Gasteiger partial charge in [-0.15, -0.1) is 0 Å². The van der Waals surface area contributed by atoms with Crippen LogP contribution >= 0.6 is 0 Å². The summed E-state index contributed by atoms with van der Waals surface area (Å²) in [5.74, 6) is -0.481. The molecule has 2 heterocycles. The van der Waals surface area contributed by atoms with Crippen molar-refractivity contribution in [3.8, 4) is 0 Å². The molecule has 2 amide bonds. The van der Waals surface area contributed by atoms with E-state index < -0.39 is 11.9 Å². The maximum atomic E-state index is 12.9. The summed E-state index contributed by atoms with van der Waals surface area (Å²) in [6.07, 6.45) is 4.62. The highest BCUT2D eigenvalue weighted by Gasteiger charge is 2.32. The van der Waals surface area contributed by atoms with Gasteiger partial charge in [-0.25, -0.2) is 0 Å². The summed E-state index contributed by atoms with van der Waals surface area (Å²) >= 11 is 0. The van der Waals surface area contributed by atoms with Crippen LogP contribution in [0.5, 0.6) is 0 Å². The lowest BCUT2D eigenvalue weighted by Crippen LogP contribution is -2.50. The molecule has 0 spiro atoms. The minimum absolute atomic E-state index is 0.0789. The molecule has 0 bridgehead atoms. The van der Waals surface area contributed by atoms with Crippen LogP contribution in [0.4, 0.5) is 5.69 Å². The summed E-state index contributed by atoms with van der Waals surface area (Å²) in [6.45, 7) is 1.49. The summed E-state index contributed by atoms with van der Waals surface area (Å²) < 4.78 is 0. The fourth-order valence-corrected chi connectivity index (χ4v) is 3.31. The monoisotopic (exact) mass is 287 g/mol. The molecule has 3 N–H and O–H groups in total. The van der Waals surface area contributed by atoms with Gasteiger partial charge in [0.25, 0.3) is 5.91 Å². The molecule has 5 heteroatoms. The van der Waals surface area contributed by atoms with Gasteiger partial charge in [0.15, 0.2) is 0 Å². The number of hydrogen-bond donors (Lipinski definition) is 2. The Morgan fingerprint density at radius 1 is 1.24 bits per heavy atom. The number of hydrogen-bond acceptors (Lipinski definition) is 3. The first-order valence-electron chi connectivity index (χ1n) is 7.64. The molecule has 0 saturated carbocycles. The normalized spacial score (nSPS) is 21.3. The molecule has 5 nitrogen and oxygen atoms in total. The van der Waals surface area contributed by atoms with Gasteiger partial charge < -0.3 is 16.0 Å². The number of aryl methyl sites for hydroxylation is 1. The second kappa shape index (κ2) is 5.76. The summed E-state index contributed by atoms with van der Waals surface area (Å²) in [7, 11) is 0. The Balaban J connectivity index is 1.92. The van der Waals surface area contributed by atoms with Crippen LogP contribution in [0.2, 0.25) is 0 Å². The van der Waals surface area contributed by atoms with Crippen LogP contribution in [0.25, 0.3) is 0 Å². The van der Waals surface area contributed by atoms with E-state index in [2.05, 4.69) is 11.4 Å². The highest BCUT2D eigenvalue weighted by atomic mass is 16.2. The zero-order valence-electron chi connectivity index (χ0n) is 12.1. The van der Waals surface area contributed by atoms with E-state index in [-0.39, 0.29) is 5.91 Å². The lowest BCUT2D eigenvalue weighted by atomic mass is 9.96. The van der Waals surface area contributed by atoms with Gasteiger partial charge >= 0.3 is 0 Å². The minimum Gasteiger partial charge on any atom is -0.384 e. The van der Waals surface area contributed by atoms with E-state index >= 15 is 0 Å². The SMILES string of the molecule is NC(=O)C1CCCCN1C(=O)c1cccc2c1NCCC2. The number of nitrogens with two attached hydrogens (primary N) is 1. The maximum Gasteiger partial charge on any atom is 0.256 e. The Bertz CT molecular complexity index is 571. The van der Waals surface area contributed by atoms with E-state index in [9.17, 15) is 9.59 Å². The van der Waals surface area contributed by atoms with Crippen LogP contribution in [-0.2, 0) is 11.2 Å². The van der Waals surface area contributed by atoms with Crippen molar-refractivity contribution in [3.63, 3.8) is 0 Å². The molecule has 2 aliphatic rings. The fourth-order valence-electron chi connectivity index (χ4n) is 3.31. The zero-order chi connectivity index (χ0) is 14.8. The Hall–Kier alpha value is -2.04. The van der Waals surface area contributed by atoms with Gasteiger partial charge in [0.05, 0.1) is 11.3 Å². The average Bonchev–Trinajstić information content (AvgIpc) is 2.53. The summed E-state index contributed by atoms with van der Waals surface area (Å²) in [6, 6.07) is 5.35. The molecule has 2 aliphatic heterocycles. The van der Waals surface area contributed by atoms with Crippen LogP contribution in [0.3, 0.4) is 0 Å². The van der Waals surface area contributed by atoms with Gasteiger partial charge in [-0.3, -0.25) is 9.59 Å². The smallest absolute Gasteiger partial charge is 0.256 e. The van der Waals surface area contributed by atoms with Crippen molar-refractivity contribution in [3.05, 3.63) is 29.3 Å². The number of nitrogens with one attached hydrogen (secondary N) is 1. The number of carbonyl (C=O) groups is 2.